The predicted molar refractivity (Wildman–Crippen MR) is 45.0 cm³/mol. The van der Waals surface area contributed by atoms with Gasteiger partial charge in [-0.25, -0.2) is 4.68 Å². The summed E-state index contributed by atoms with van der Waals surface area (Å²) in [6.45, 7) is 0. The van der Waals surface area contributed by atoms with Crippen molar-refractivity contribution >= 4 is 11.5 Å². The van der Waals surface area contributed by atoms with E-state index in [0.717, 1.165) is 11.5 Å². The van der Waals surface area contributed by atoms with Crippen molar-refractivity contribution < 1.29 is 5.11 Å². The lowest BCUT2D eigenvalue weighted by molar-refractivity contribution is 0.213. The van der Waals surface area contributed by atoms with Gasteiger partial charge in [-0.2, -0.15) is 0 Å². The Balaban J connectivity index is 2.33. The first-order valence-corrected chi connectivity index (χ1v) is 4.36. The fourth-order valence-corrected chi connectivity index (χ4v) is 1.49. The normalized spacial score (nSPS) is 13.1. The van der Waals surface area contributed by atoms with Crippen LogP contribution in [0.1, 0.15) is 16.7 Å². The molecule has 0 radical (unpaired) electrons. The zero-order valence-corrected chi connectivity index (χ0v) is 7.64. The Morgan fingerprint density at radius 2 is 2.31 bits per heavy atom. The van der Waals surface area contributed by atoms with E-state index in [0.29, 0.717) is 10.6 Å². The molecular formula is C6H7N5OS. The van der Waals surface area contributed by atoms with Gasteiger partial charge in [0, 0.05) is 7.05 Å². The topological polar surface area (TPSA) is 76.7 Å². The molecule has 2 heterocycles. The molecule has 1 atom stereocenters. The van der Waals surface area contributed by atoms with Gasteiger partial charge < -0.3 is 5.11 Å². The van der Waals surface area contributed by atoms with Gasteiger partial charge in [0.2, 0.25) is 0 Å². The van der Waals surface area contributed by atoms with Crippen molar-refractivity contribution in [3.63, 3.8) is 0 Å². The smallest absolute Gasteiger partial charge is 0.135 e. The van der Waals surface area contributed by atoms with Crippen LogP contribution >= 0.6 is 11.5 Å². The second-order valence-corrected chi connectivity index (χ2v) is 3.32. The average molecular weight is 197 g/mol. The Kier molecular flexibility index (Phi) is 2.03. The highest BCUT2D eigenvalue weighted by Crippen LogP contribution is 2.21. The lowest BCUT2D eigenvalue weighted by Crippen LogP contribution is -2.04. The molecule has 0 amide bonds. The molecule has 1 unspecified atom stereocenters. The van der Waals surface area contributed by atoms with Gasteiger partial charge in [0.25, 0.3) is 0 Å². The Hall–Kier alpha value is -1.34. The first-order valence-electron chi connectivity index (χ1n) is 3.59. The summed E-state index contributed by atoms with van der Waals surface area (Å²) in [5, 5.41) is 20.8. The van der Waals surface area contributed by atoms with E-state index in [-0.39, 0.29) is 0 Å². The molecule has 0 fully saturated rings. The largest absolute Gasteiger partial charge is 0.381 e. The van der Waals surface area contributed by atoms with Crippen LogP contribution in [0.25, 0.3) is 0 Å². The van der Waals surface area contributed by atoms with E-state index in [4.69, 9.17) is 0 Å². The summed E-state index contributed by atoms with van der Waals surface area (Å²) in [5.74, 6) is 0. The Morgan fingerprint density at radius 3 is 2.85 bits per heavy atom. The molecule has 7 heteroatoms. The van der Waals surface area contributed by atoms with Crippen LogP contribution in [0.15, 0.2) is 12.4 Å². The summed E-state index contributed by atoms with van der Waals surface area (Å²) >= 11 is 1.16. The van der Waals surface area contributed by atoms with Crippen LogP contribution in [-0.2, 0) is 7.05 Å². The molecular weight excluding hydrogens is 190 g/mol. The fourth-order valence-electron chi connectivity index (χ4n) is 0.986. The molecule has 0 aliphatic carbocycles. The summed E-state index contributed by atoms with van der Waals surface area (Å²) < 4.78 is 5.18. The molecule has 0 aliphatic heterocycles. The van der Waals surface area contributed by atoms with Gasteiger partial charge in [-0.3, -0.25) is 0 Å². The number of aryl methyl sites for hydroxylation is 1. The molecule has 13 heavy (non-hydrogen) atoms. The van der Waals surface area contributed by atoms with Gasteiger partial charge in [-0.05, 0) is 11.5 Å². The first kappa shape index (κ1) is 8.27. The number of hydrogen-bond donors (Lipinski definition) is 1. The van der Waals surface area contributed by atoms with Gasteiger partial charge in [0.1, 0.15) is 6.10 Å². The first-order chi connectivity index (χ1) is 6.29. The zero-order chi connectivity index (χ0) is 9.26. The summed E-state index contributed by atoms with van der Waals surface area (Å²) in [5.41, 5.74) is 0.631. The van der Waals surface area contributed by atoms with Crippen molar-refractivity contribution in [1.29, 1.82) is 0 Å². The van der Waals surface area contributed by atoms with E-state index >= 15 is 0 Å². The van der Waals surface area contributed by atoms with Crippen molar-refractivity contribution in [2.45, 2.75) is 6.10 Å². The molecule has 0 aliphatic rings. The summed E-state index contributed by atoms with van der Waals surface area (Å²) in [6, 6.07) is 0. The lowest BCUT2D eigenvalue weighted by Gasteiger charge is -2.05. The molecule has 0 saturated heterocycles. The molecule has 0 saturated carbocycles. The highest BCUT2D eigenvalue weighted by molar-refractivity contribution is 7.05. The van der Waals surface area contributed by atoms with E-state index < -0.39 is 6.10 Å². The maximum atomic E-state index is 9.78. The minimum absolute atomic E-state index is 0.631. The number of aliphatic hydroxyl groups is 1. The van der Waals surface area contributed by atoms with E-state index in [9.17, 15) is 5.11 Å². The van der Waals surface area contributed by atoms with Crippen LogP contribution in [-0.4, -0.2) is 29.7 Å². The van der Waals surface area contributed by atoms with Gasteiger partial charge in [0.05, 0.1) is 23.0 Å². The van der Waals surface area contributed by atoms with Crippen LogP contribution in [0.2, 0.25) is 0 Å². The minimum Gasteiger partial charge on any atom is -0.381 e. The van der Waals surface area contributed by atoms with E-state index in [1.165, 1.54) is 17.1 Å². The monoisotopic (exact) mass is 197 g/mol. The molecule has 2 aromatic heterocycles. The number of aromatic nitrogens is 5. The van der Waals surface area contributed by atoms with Gasteiger partial charge in [-0.1, -0.05) is 9.70 Å². The summed E-state index contributed by atoms with van der Waals surface area (Å²) in [7, 11) is 1.72. The summed E-state index contributed by atoms with van der Waals surface area (Å²) in [6.07, 6.45) is 2.31. The van der Waals surface area contributed by atoms with Gasteiger partial charge >= 0.3 is 0 Å². The zero-order valence-electron chi connectivity index (χ0n) is 6.82. The molecule has 2 aromatic rings. The Bertz CT molecular complexity index is 383. The molecule has 68 valence electrons. The standard InChI is InChI=1S/C6H7N5OS/c1-11-4(2-7-9-11)6(12)5-3-8-10-13-5/h2-3,6,12H,1H3. The third kappa shape index (κ3) is 1.43. The van der Waals surface area contributed by atoms with Crippen LogP contribution in [0.3, 0.4) is 0 Å². The molecule has 0 bridgehead atoms. The third-order valence-corrected chi connectivity index (χ3v) is 2.39. The number of hydrogen-bond acceptors (Lipinski definition) is 6. The molecule has 1 N–H and O–H groups in total. The lowest BCUT2D eigenvalue weighted by atomic mass is 10.2. The van der Waals surface area contributed by atoms with E-state index in [1.807, 2.05) is 0 Å². The second kappa shape index (κ2) is 3.19. The van der Waals surface area contributed by atoms with E-state index in [2.05, 4.69) is 19.9 Å². The molecule has 0 aromatic carbocycles. The highest BCUT2D eigenvalue weighted by Gasteiger charge is 2.16. The SMILES string of the molecule is Cn1nncc1C(O)c1cnns1. The van der Waals surface area contributed by atoms with Gasteiger partial charge in [0.15, 0.2) is 0 Å². The fraction of sp³-hybridized carbons (Fsp3) is 0.333. The van der Waals surface area contributed by atoms with Crippen molar-refractivity contribution in [2.75, 3.05) is 0 Å². The van der Waals surface area contributed by atoms with Gasteiger partial charge in [-0.15, -0.1) is 10.2 Å². The minimum atomic E-state index is -0.736. The highest BCUT2D eigenvalue weighted by atomic mass is 32.1. The number of rotatable bonds is 2. The quantitative estimate of drug-likeness (QED) is 0.718. The Morgan fingerprint density at radius 1 is 1.46 bits per heavy atom. The number of nitrogens with zero attached hydrogens (tertiary/aromatic N) is 5. The van der Waals surface area contributed by atoms with Crippen molar-refractivity contribution in [1.82, 2.24) is 24.6 Å². The molecule has 6 nitrogen and oxygen atoms in total. The predicted octanol–water partition coefficient (Wildman–Crippen LogP) is -0.252. The average Bonchev–Trinajstić information content (AvgIpc) is 2.72. The van der Waals surface area contributed by atoms with Crippen LogP contribution < -0.4 is 0 Å². The van der Waals surface area contributed by atoms with E-state index in [1.54, 1.807) is 7.05 Å². The van der Waals surface area contributed by atoms with Crippen LogP contribution in [0.4, 0.5) is 0 Å². The van der Waals surface area contributed by atoms with Crippen molar-refractivity contribution in [2.24, 2.45) is 7.05 Å². The van der Waals surface area contributed by atoms with Crippen LogP contribution in [0, 0.1) is 0 Å². The molecule has 2 rings (SSSR count). The second-order valence-electron chi connectivity index (χ2n) is 2.50. The van der Waals surface area contributed by atoms with Crippen molar-refractivity contribution in [3.05, 3.63) is 23.0 Å². The maximum Gasteiger partial charge on any atom is 0.135 e. The maximum absolute atomic E-state index is 9.78. The number of aliphatic hydroxyl groups excluding tert-OH is 1. The summed E-state index contributed by atoms with van der Waals surface area (Å²) in [4.78, 5) is 0.686. The Labute approximate surface area is 78.0 Å². The van der Waals surface area contributed by atoms with Crippen molar-refractivity contribution in [3.8, 4) is 0 Å². The molecule has 0 spiro atoms. The van der Waals surface area contributed by atoms with Crippen LogP contribution in [0.5, 0.6) is 0 Å². The third-order valence-electron chi connectivity index (χ3n) is 1.68.